The lowest BCUT2D eigenvalue weighted by molar-refractivity contribution is -0.139. The van der Waals surface area contributed by atoms with Crippen molar-refractivity contribution in [3.05, 3.63) is 18.2 Å². The Morgan fingerprint density at radius 3 is 3.04 bits per heavy atom. The standard InChI is InChI=1S/C18H28N4O3/c1-2-10-25-17(24)22-8-3-6-18(13-22)7-4-16(23)21(12-18)9-5-15-11-19-14-20-15/h11,14H,2-10,12-13H2,1H3,(H,19,20)/t18-/m0/s1. The normalized spacial score (nSPS) is 24.0. The van der Waals surface area contributed by atoms with E-state index in [1.807, 2.05) is 16.7 Å². The maximum Gasteiger partial charge on any atom is 0.409 e. The Labute approximate surface area is 148 Å². The van der Waals surface area contributed by atoms with E-state index >= 15 is 0 Å². The van der Waals surface area contributed by atoms with Crippen molar-refractivity contribution < 1.29 is 14.3 Å². The molecular formula is C18H28N4O3. The molecule has 1 spiro atoms. The van der Waals surface area contributed by atoms with E-state index < -0.39 is 0 Å². The Hall–Kier alpha value is -2.05. The molecule has 2 aliphatic rings. The summed E-state index contributed by atoms with van der Waals surface area (Å²) in [6.45, 7) is 5.35. The SMILES string of the molecule is CCCOC(=O)N1CCC[C@@]2(CCC(=O)N(CCc3cnc[nH]3)C2)C1. The average Bonchev–Trinajstić information content (AvgIpc) is 3.14. The number of likely N-dealkylation sites (tertiary alicyclic amines) is 2. The number of rotatable bonds is 5. The number of nitrogens with one attached hydrogen (secondary N) is 1. The Morgan fingerprint density at radius 1 is 1.40 bits per heavy atom. The molecule has 0 saturated carbocycles. The Morgan fingerprint density at radius 2 is 2.28 bits per heavy atom. The first-order chi connectivity index (χ1) is 12.1. The fourth-order valence-electron chi connectivity index (χ4n) is 3.96. The van der Waals surface area contributed by atoms with Crippen molar-refractivity contribution in [1.29, 1.82) is 0 Å². The Bertz CT molecular complexity index is 589. The van der Waals surface area contributed by atoms with Gasteiger partial charge in [0.25, 0.3) is 0 Å². The van der Waals surface area contributed by atoms with Crippen molar-refractivity contribution in [2.75, 3.05) is 32.8 Å². The van der Waals surface area contributed by atoms with E-state index in [2.05, 4.69) is 9.97 Å². The Kier molecular flexibility index (Phi) is 5.60. The maximum absolute atomic E-state index is 12.3. The summed E-state index contributed by atoms with van der Waals surface area (Å²) >= 11 is 0. The molecule has 25 heavy (non-hydrogen) atoms. The molecule has 7 heteroatoms. The number of H-pyrrole nitrogens is 1. The van der Waals surface area contributed by atoms with Crippen molar-refractivity contribution in [1.82, 2.24) is 19.8 Å². The second kappa shape index (κ2) is 7.89. The monoisotopic (exact) mass is 348 g/mol. The summed E-state index contributed by atoms with van der Waals surface area (Å²) in [6.07, 6.45) is 8.35. The van der Waals surface area contributed by atoms with Crippen LogP contribution in [0.1, 0.15) is 44.7 Å². The zero-order valence-corrected chi connectivity index (χ0v) is 15.0. The molecule has 138 valence electrons. The number of hydrogen-bond donors (Lipinski definition) is 1. The topological polar surface area (TPSA) is 78.5 Å². The summed E-state index contributed by atoms with van der Waals surface area (Å²) < 4.78 is 5.30. The predicted octanol–water partition coefficient (Wildman–Crippen LogP) is 2.20. The van der Waals surface area contributed by atoms with E-state index in [0.717, 1.165) is 50.9 Å². The third kappa shape index (κ3) is 4.32. The molecule has 7 nitrogen and oxygen atoms in total. The van der Waals surface area contributed by atoms with Gasteiger partial charge in [0.15, 0.2) is 0 Å². The molecule has 0 unspecified atom stereocenters. The summed E-state index contributed by atoms with van der Waals surface area (Å²) in [6, 6.07) is 0. The van der Waals surface area contributed by atoms with Crippen LogP contribution in [0.3, 0.4) is 0 Å². The first-order valence-electron chi connectivity index (χ1n) is 9.29. The molecule has 2 fully saturated rings. The number of aromatic amines is 1. The third-order valence-corrected chi connectivity index (χ3v) is 5.30. The second-order valence-electron chi connectivity index (χ2n) is 7.28. The molecular weight excluding hydrogens is 320 g/mol. The minimum atomic E-state index is -0.207. The predicted molar refractivity (Wildman–Crippen MR) is 93.0 cm³/mol. The molecule has 0 radical (unpaired) electrons. The van der Waals surface area contributed by atoms with Gasteiger partial charge in [-0.2, -0.15) is 0 Å². The van der Waals surface area contributed by atoms with E-state index in [9.17, 15) is 9.59 Å². The lowest BCUT2D eigenvalue weighted by Gasteiger charge is -2.47. The number of hydrogen-bond acceptors (Lipinski definition) is 4. The highest BCUT2D eigenvalue weighted by atomic mass is 16.6. The lowest BCUT2D eigenvalue weighted by atomic mass is 9.73. The fourth-order valence-corrected chi connectivity index (χ4v) is 3.96. The lowest BCUT2D eigenvalue weighted by Crippen LogP contribution is -2.55. The molecule has 2 saturated heterocycles. The summed E-state index contributed by atoms with van der Waals surface area (Å²) in [7, 11) is 0. The molecule has 0 aliphatic carbocycles. The zero-order valence-electron chi connectivity index (χ0n) is 15.0. The minimum absolute atomic E-state index is 0.0192. The van der Waals surface area contributed by atoms with E-state index in [0.29, 0.717) is 26.1 Å². The van der Waals surface area contributed by atoms with Crippen LogP contribution in [-0.4, -0.2) is 64.6 Å². The van der Waals surface area contributed by atoms with Gasteiger partial charge in [-0.05, 0) is 25.7 Å². The van der Waals surface area contributed by atoms with Gasteiger partial charge in [-0.1, -0.05) is 6.92 Å². The Balaban J connectivity index is 1.60. The number of carbonyl (C=O) groups is 2. The molecule has 3 heterocycles. The van der Waals surface area contributed by atoms with Gasteiger partial charge < -0.3 is 19.5 Å². The van der Waals surface area contributed by atoms with Crippen LogP contribution in [0.2, 0.25) is 0 Å². The van der Waals surface area contributed by atoms with E-state index in [4.69, 9.17) is 4.74 Å². The molecule has 1 aromatic heterocycles. The van der Waals surface area contributed by atoms with Crippen LogP contribution < -0.4 is 0 Å². The molecule has 1 N–H and O–H groups in total. The van der Waals surface area contributed by atoms with Gasteiger partial charge in [0.05, 0.1) is 12.9 Å². The smallest absolute Gasteiger partial charge is 0.409 e. The highest BCUT2D eigenvalue weighted by Crippen LogP contribution is 2.39. The van der Waals surface area contributed by atoms with Crippen LogP contribution in [0, 0.1) is 5.41 Å². The molecule has 1 aromatic rings. The molecule has 0 bridgehead atoms. The number of nitrogens with zero attached hydrogens (tertiary/aromatic N) is 3. The van der Waals surface area contributed by atoms with Crippen LogP contribution in [0.15, 0.2) is 12.5 Å². The van der Waals surface area contributed by atoms with Gasteiger partial charge in [0, 0.05) is 56.3 Å². The van der Waals surface area contributed by atoms with Gasteiger partial charge in [0.2, 0.25) is 5.91 Å². The first kappa shape index (κ1) is 17.8. The summed E-state index contributed by atoms with van der Waals surface area (Å²) in [5, 5.41) is 0. The van der Waals surface area contributed by atoms with Gasteiger partial charge in [0.1, 0.15) is 0 Å². The second-order valence-corrected chi connectivity index (χ2v) is 7.28. The number of carbonyl (C=O) groups excluding carboxylic acids is 2. The molecule has 1 atom stereocenters. The highest BCUT2D eigenvalue weighted by Gasteiger charge is 2.42. The minimum Gasteiger partial charge on any atom is -0.449 e. The number of piperidine rings is 2. The largest absolute Gasteiger partial charge is 0.449 e. The molecule has 3 rings (SSSR count). The van der Waals surface area contributed by atoms with Crippen molar-refractivity contribution >= 4 is 12.0 Å². The summed E-state index contributed by atoms with van der Waals surface area (Å²) in [5.41, 5.74) is 1.06. The summed E-state index contributed by atoms with van der Waals surface area (Å²) in [5.74, 6) is 0.218. The van der Waals surface area contributed by atoms with E-state index in [1.165, 1.54) is 0 Å². The maximum atomic E-state index is 12.3. The average molecular weight is 348 g/mol. The first-order valence-corrected chi connectivity index (χ1v) is 9.29. The van der Waals surface area contributed by atoms with Crippen molar-refractivity contribution in [3.63, 3.8) is 0 Å². The number of imidazole rings is 1. The quantitative estimate of drug-likeness (QED) is 0.885. The van der Waals surface area contributed by atoms with Crippen LogP contribution in [0.5, 0.6) is 0 Å². The zero-order chi connectivity index (χ0) is 17.7. The number of aromatic nitrogens is 2. The van der Waals surface area contributed by atoms with Gasteiger partial charge in [-0.25, -0.2) is 9.78 Å². The van der Waals surface area contributed by atoms with Crippen molar-refractivity contribution in [2.45, 2.75) is 45.4 Å². The number of ether oxygens (including phenoxy) is 1. The van der Waals surface area contributed by atoms with E-state index in [1.54, 1.807) is 12.5 Å². The van der Waals surface area contributed by atoms with Crippen molar-refractivity contribution in [3.8, 4) is 0 Å². The molecule has 0 aromatic carbocycles. The van der Waals surface area contributed by atoms with Crippen molar-refractivity contribution in [2.24, 2.45) is 5.41 Å². The van der Waals surface area contributed by atoms with Crippen LogP contribution >= 0.6 is 0 Å². The molecule has 2 amide bonds. The number of amides is 2. The van der Waals surface area contributed by atoms with Gasteiger partial charge >= 0.3 is 6.09 Å². The third-order valence-electron chi connectivity index (χ3n) is 5.30. The van der Waals surface area contributed by atoms with Gasteiger partial charge in [-0.15, -0.1) is 0 Å². The van der Waals surface area contributed by atoms with Crippen LogP contribution in [0.25, 0.3) is 0 Å². The van der Waals surface area contributed by atoms with Crippen LogP contribution in [0.4, 0.5) is 4.79 Å². The fraction of sp³-hybridized carbons (Fsp3) is 0.722. The highest BCUT2D eigenvalue weighted by molar-refractivity contribution is 5.77. The summed E-state index contributed by atoms with van der Waals surface area (Å²) in [4.78, 5) is 35.5. The van der Waals surface area contributed by atoms with Crippen LogP contribution in [-0.2, 0) is 16.0 Å². The van der Waals surface area contributed by atoms with Gasteiger partial charge in [-0.3, -0.25) is 4.79 Å². The van der Waals surface area contributed by atoms with E-state index in [-0.39, 0.29) is 17.4 Å². The molecule has 2 aliphatic heterocycles.